The van der Waals surface area contributed by atoms with Gasteiger partial charge in [0.25, 0.3) is 0 Å². The third kappa shape index (κ3) is 3.25. The van der Waals surface area contributed by atoms with E-state index in [0.29, 0.717) is 5.96 Å². The predicted molar refractivity (Wildman–Crippen MR) is 104 cm³/mol. The molecule has 24 heavy (non-hydrogen) atoms. The predicted octanol–water partition coefficient (Wildman–Crippen LogP) is 5.01. The molecule has 0 saturated carbocycles. The molecular weight excluding hydrogens is 294 g/mol. The number of benzene rings is 3. The van der Waals surface area contributed by atoms with Gasteiger partial charge < -0.3 is 10.6 Å². The van der Waals surface area contributed by atoms with Crippen molar-refractivity contribution in [2.45, 2.75) is 26.8 Å². The van der Waals surface area contributed by atoms with Crippen LogP contribution in [0.2, 0.25) is 0 Å². The van der Waals surface area contributed by atoms with Gasteiger partial charge >= 0.3 is 0 Å². The van der Waals surface area contributed by atoms with Crippen LogP contribution in [-0.2, 0) is 0 Å². The maximum absolute atomic E-state index is 6.39. The molecule has 0 amide bonds. The van der Waals surface area contributed by atoms with Crippen LogP contribution in [0, 0.1) is 6.92 Å². The van der Waals surface area contributed by atoms with Gasteiger partial charge in [0.2, 0.25) is 5.96 Å². The van der Waals surface area contributed by atoms with E-state index in [0.717, 1.165) is 11.4 Å². The largest absolute Gasteiger partial charge is 0.369 e. The maximum Gasteiger partial charge on any atom is 0.201 e. The smallest absolute Gasteiger partial charge is 0.201 e. The summed E-state index contributed by atoms with van der Waals surface area (Å²) in [7, 11) is 0. The zero-order chi connectivity index (χ0) is 17.1. The van der Waals surface area contributed by atoms with Crippen molar-refractivity contribution < 1.29 is 0 Å². The average molecular weight is 317 g/mol. The Hall–Kier alpha value is -2.81. The molecule has 3 aromatic carbocycles. The summed E-state index contributed by atoms with van der Waals surface area (Å²) in [5.41, 5.74) is 9.54. The van der Waals surface area contributed by atoms with Crippen molar-refractivity contribution in [2.75, 3.05) is 4.90 Å². The number of hydrogen-bond acceptors (Lipinski definition) is 1. The average Bonchev–Trinajstić information content (AvgIpc) is 2.57. The fraction of sp³-hybridized carbons (Fsp3) is 0.190. The summed E-state index contributed by atoms with van der Waals surface area (Å²) in [6, 6.07) is 22.9. The van der Waals surface area contributed by atoms with E-state index in [9.17, 15) is 0 Å². The Labute approximate surface area is 143 Å². The van der Waals surface area contributed by atoms with Crippen LogP contribution >= 0.6 is 0 Å². The Morgan fingerprint density at radius 2 is 1.58 bits per heavy atom. The summed E-state index contributed by atoms with van der Waals surface area (Å²) >= 11 is 0. The molecule has 3 nitrogen and oxygen atoms in total. The number of guanidine groups is 1. The van der Waals surface area contributed by atoms with Crippen LogP contribution in [0.25, 0.3) is 10.8 Å². The number of nitrogens with two attached hydrogens (primary N) is 1. The van der Waals surface area contributed by atoms with E-state index in [1.165, 1.54) is 16.3 Å². The molecule has 3 rings (SSSR count). The topological polar surface area (TPSA) is 41.6 Å². The minimum Gasteiger partial charge on any atom is -0.369 e. The van der Waals surface area contributed by atoms with E-state index in [2.05, 4.69) is 73.1 Å². The second-order valence-corrected chi connectivity index (χ2v) is 6.27. The molecule has 0 aliphatic rings. The lowest BCUT2D eigenvalue weighted by Crippen LogP contribution is -2.42. The van der Waals surface area contributed by atoms with Crippen molar-refractivity contribution in [1.29, 1.82) is 0 Å². The molecule has 3 aromatic rings. The minimum atomic E-state index is 0.199. The number of hydrogen-bond donors (Lipinski definition) is 1. The highest BCUT2D eigenvalue weighted by atomic mass is 15.3. The van der Waals surface area contributed by atoms with Gasteiger partial charge in [-0.15, -0.1) is 0 Å². The molecule has 0 fully saturated rings. The summed E-state index contributed by atoms with van der Waals surface area (Å²) in [6.45, 7) is 6.31. The lowest BCUT2D eigenvalue weighted by Gasteiger charge is -2.29. The number of aryl methyl sites for hydroxylation is 1. The van der Waals surface area contributed by atoms with Gasteiger partial charge in [0, 0.05) is 11.4 Å². The van der Waals surface area contributed by atoms with Crippen molar-refractivity contribution in [3.05, 3.63) is 72.3 Å². The van der Waals surface area contributed by atoms with Crippen molar-refractivity contribution in [2.24, 2.45) is 10.7 Å². The van der Waals surface area contributed by atoms with Crippen molar-refractivity contribution in [3.63, 3.8) is 0 Å². The van der Waals surface area contributed by atoms with Crippen LogP contribution in [0.3, 0.4) is 0 Å². The van der Waals surface area contributed by atoms with Gasteiger partial charge in [0.15, 0.2) is 0 Å². The van der Waals surface area contributed by atoms with E-state index in [-0.39, 0.29) is 6.04 Å². The normalized spacial score (nSPS) is 11.9. The lowest BCUT2D eigenvalue weighted by atomic mass is 10.1. The van der Waals surface area contributed by atoms with E-state index >= 15 is 0 Å². The van der Waals surface area contributed by atoms with Crippen molar-refractivity contribution in [3.8, 4) is 0 Å². The number of fused-ring (bicyclic) bond motifs is 1. The van der Waals surface area contributed by atoms with Gasteiger partial charge in [-0.1, -0.05) is 54.1 Å². The first-order valence-corrected chi connectivity index (χ1v) is 8.24. The zero-order valence-corrected chi connectivity index (χ0v) is 14.4. The highest BCUT2D eigenvalue weighted by Crippen LogP contribution is 2.28. The van der Waals surface area contributed by atoms with Crippen LogP contribution in [0.5, 0.6) is 0 Å². The quantitative estimate of drug-likeness (QED) is 0.545. The third-order valence-corrected chi connectivity index (χ3v) is 4.07. The van der Waals surface area contributed by atoms with Crippen LogP contribution in [0.15, 0.2) is 71.7 Å². The Morgan fingerprint density at radius 1 is 0.917 bits per heavy atom. The minimum absolute atomic E-state index is 0.199. The molecule has 0 spiro atoms. The zero-order valence-electron chi connectivity index (χ0n) is 14.4. The highest BCUT2D eigenvalue weighted by Gasteiger charge is 2.17. The summed E-state index contributed by atoms with van der Waals surface area (Å²) < 4.78 is 0. The van der Waals surface area contributed by atoms with Gasteiger partial charge in [0.1, 0.15) is 0 Å². The second kappa shape index (κ2) is 6.75. The molecule has 0 radical (unpaired) electrons. The lowest BCUT2D eigenvalue weighted by molar-refractivity contribution is 0.804. The van der Waals surface area contributed by atoms with Crippen LogP contribution < -0.4 is 10.6 Å². The molecular formula is C21H23N3. The van der Waals surface area contributed by atoms with E-state index in [4.69, 9.17) is 5.73 Å². The van der Waals surface area contributed by atoms with Gasteiger partial charge in [-0.05, 0) is 44.4 Å². The Kier molecular flexibility index (Phi) is 4.52. The fourth-order valence-corrected chi connectivity index (χ4v) is 2.89. The number of aliphatic imine (C=N–C) groups is 1. The maximum atomic E-state index is 6.39. The number of anilines is 1. The Morgan fingerprint density at radius 3 is 2.29 bits per heavy atom. The molecule has 0 unspecified atom stereocenters. The first kappa shape index (κ1) is 16.1. The first-order valence-electron chi connectivity index (χ1n) is 8.24. The highest BCUT2D eigenvalue weighted by molar-refractivity contribution is 6.05. The van der Waals surface area contributed by atoms with E-state index in [1.807, 2.05) is 24.3 Å². The second-order valence-electron chi connectivity index (χ2n) is 6.27. The van der Waals surface area contributed by atoms with E-state index in [1.54, 1.807) is 0 Å². The first-order chi connectivity index (χ1) is 11.6. The molecule has 0 bridgehead atoms. The monoisotopic (exact) mass is 317 g/mol. The molecule has 0 atom stereocenters. The van der Waals surface area contributed by atoms with Gasteiger partial charge in [-0.3, -0.25) is 0 Å². The molecule has 3 heteroatoms. The summed E-state index contributed by atoms with van der Waals surface area (Å²) in [5.74, 6) is 0.505. The number of nitrogens with zero attached hydrogens (tertiary/aromatic N) is 2. The van der Waals surface area contributed by atoms with Crippen molar-refractivity contribution in [1.82, 2.24) is 0 Å². The van der Waals surface area contributed by atoms with Gasteiger partial charge in [0.05, 0.1) is 11.4 Å². The molecule has 122 valence electrons. The molecule has 0 aliphatic heterocycles. The molecule has 0 aromatic heterocycles. The van der Waals surface area contributed by atoms with Crippen LogP contribution in [0.4, 0.5) is 11.4 Å². The van der Waals surface area contributed by atoms with Crippen molar-refractivity contribution >= 4 is 28.1 Å². The van der Waals surface area contributed by atoms with Gasteiger partial charge in [-0.25, -0.2) is 4.99 Å². The third-order valence-electron chi connectivity index (χ3n) is 4.07. The summed E-state index contributed by atoms with van der Waals surface area (Å²) in [6.07, 6.45) is 0. The summed E-state index contributed by atoms with van der Waals surface area (Å²) in [5, 5.41) is 2.37. The SMILES string of the molecule is Cc1ccc(N=C(N)N(c2cccc3ccccc23)C(C)C)cc1. The van der Waals surface area contributed by atoms with E-state index < -0.39 is 0 Å². The fourth-order valence-electron chi connectivity index (χ4n) is 2.89. The van der Waals surface area contributed by atoms with Crippen LogP contribution in [-0.4, -0.2) is 12.0 Å². The molecule has 0 saturated heterocycles. The Bertz CT molecular complexity index is 858. The molecule has 0 aliphatic carbocycles. The Balaban J connectivity index is 2.07. The van der Waals surface area contributed by atoms with Crippen LogP contribution in [0.1, 0.15) is 19.4 Å². The molecule has 0 heterocycles. The number of rotatable bonds is 3. The summed E-state index contributed by atoms with van der Waals surface area (Å²) in [4.78, 5) is 6.71. The standard InChI is InChI=1S/C21H23N3/c1-15(2)24(21(22)23-18-13-11-16(3)12-14-18)20-10-6-8-17-7-4-5-9-19(17)20/h4-15H,1-3H3,(H2,22,23). The van der Waals surface area contributed by atoms with Gasteiger partial charge in [-0.2, -0.15) is 0 Å². The molecule has 2 N–H and O–H groups in total.